The summed E-state index contributed by atoms with van der Waals surface area (Å²) in [5.74, 6) is -1.74. The Labute approximate surface area is 202 Å². The summed E-state index contributed by atoms with van der Waals surface area (Å²) >= 11 is 19.0. The fourth-order valence-electron chi connectivity index (χ4n) is 2.71. The van der Waals surface area contributed by atoms with E-state index < -0.39 is 26.8 Å². The number of rotatable bonds is 8. The summed E-state index contributed by atoms with van der Waals surface area (Å²) in [6, 6.07) is 4.99. The first-order chi connectivity index (χ1) is 14.9. The van der Waals surface area contributed by atoms with Gasteiger partial charge in [-0.25, -0.2) is 4.79 Å². The number of non-ortho nitro benzene ring substituents is 1. The van der Waals surface area contributed by atoms with Crippen molar-refractivity contribution in [2.45, 2.75) is 30.7 Å². The highest BCUT2D eigenvalue weighted by Crippen LogP contribution is 2.38. The molecule has 1 atom stereocenters. The summed E-state index contributed by atoms with van der Waals surface area (Å²) < 4.78 is 2.96. The Morgan fingerprint density at radius 1 is 1.28 bits per heavy atom. The Morgan fingerprint density at radius 3 is 2.47 bits per heavy atom. The number of nitrogens with one attached hydrogen (secondary N) is 2. The number of Topliss-reactive ketones (excluding diaryl/α,β-unsaturated/α-hetero) is 1. The van der Waals surface area contributed by atoms with Crippen LogP contribution in [0, 0.1) is 17.0 Å². The van der Waals surface area contributed by atoms with E-state index in [1.54, 1.807) is 13.8 Å². The van der Waals surface area contributed by atoms with Gasteiger partial charge in [-0.1, -0.05) is 40.9 Å². The number of carbonyl (C=O) groups excluding carboxylic acids is 3. The van der Waals surface area contributed by atoms with Crippen molar-refractivity contribution in [1.82, 2.24) is 5.32 Å². The monoisotopic (exact) mass is 521 g/mol. The largest absolute Gasteiger partial charge is 0.462 e. The zero-order valence-electron chi connectivity index (χ0n) is 17.0. The van der Waals surface area contributed by atoms with Crippen molar-refractivity contribution in [3.63, 3.8) is 0 Å². The van der Waals surface area contributed by atoms with E-state index in [1.807, 2.05) is 0 Å². The highest BCUT2D eigenvalue weighted by atomic mass is 35.6. The Hall–Kier alpha value is -2.40. The molecule has 1 aromatic heterocycles. The molecule has 2 N–H and O–H groups in total. The van der Waals surface area contributed by atoms with Gasteiger partial charge >= 0.3 is 5.97 Å². The first-order valence-corrected chi connectivity index (χ1v) is 11.0. The number of alkyl halides is 3. The van der Waals surface area contributed by atoms with E-state index in [9.17, 15) is 24.5 Å². The maximum Gasteiger partial charge on any atom is 0.341 e. The molecule has 2 aromatic rings. The number of hydrogen-bond acceptors (Lipinski definition) is 8. The first kappa shape index (κ1) is 25.9. The zero-order valence-corrected chi connectivity index (χ0v) is 20.1. The van der Waals surface area contributed by atoms with Crippen LogP contribution in [0.4, 0.5) is 10.7 Å². The predicted molar refractivity (Wildman–Crippen MR) is 123 cm³/mol. The van der Waals surface area contributed by atoms with Crippen LogP contribution in [0.2, 0.25) is 0 Å². The summed E-state index contributed by atoms with van der Waals surface area (Å²) in [6.07, 6.45) is -1.37. The molecule has 32 heavy (non-hydrogen) atoms. The Bertz CT molecular complexity index is 1070. The van der Waals surface area contributed by atoms with Crippen LogP contribution in [0.15, 0.2) is 24.3 Å². The summed E-state index contributed by atoms with van der Waals surface area (Å²) in [7, 11) is 0. The number of thiophene rings is 1. The second-order valence-electron chi connectivity index (χ2n) is 6.44. The minimum Gasteiger partial charge on any atom is -0.462 e. The minimum absolute atomic E-state index is 0.0438. The molecule has 0 radical (unpaired) electrons. The zero-order chi connectivity index (χ0) is 24.2. The van der Waals surface area contributed by atoms with Crippen molar-refractivity contribution in [3.8, 4) is 0 Å². The van der Waals surface area contributed by atoms with Gasteiger partial charge in [-0.15, -0.1) is 11.3 Å². The third kappa shape index (κ3) is 6.10. The summed E-state index contributed by atoms with van der Waals surface area (Å²) in [6.45, 7) is 4.65. The van der Waals surface area contributed by atoms with Crippen LogP contribution in [0.3, 0.4) is 0 Å². The van der Waals surface area contributed by atoms with Crippen LogP contribution in [-0.4, -0.2) is 39.1 Å². The maximum absolute atomic E-state index is 12.7. The number of ketones is 1. The average Bonchev–Trinajstić information content (AvgIpc) is 3.03. The van der Waals surface area contributed by atoms with E-state index in [1.165, 1.54) is 25.1 Å². The van der Waals surface area contributed by atoms with Gasteiger partial charge in [0.05, 0.1) is 22.0 Å². The molecule has 1 amide bonds. The van der Waals surface area contributed by atoms with Gasteiger partial charge in [0, 0.05) is 17.7 Å². The molecule has 13 heteroatoms. The SMILES string of the molecule is CCOC(=O)c1c(N[C@H](NC(=O)c2cccc([N+](=O)[O-])c2)C(Cl)(Cl)Cl)sc(C(C)=O)c1C. The summed E-state index contributed by atoms with van der Waals surface area (Å²) in [5, 5.41) is 16.4. The summed E-state index contributed by atoms with van der Waals surface area (Å²) in [5.41, 5.74) is 0.126. The quantitative estimate of drug-likeness (QED) is 0.126. The van der Waals surface area contributed by atoms with Gasteiger partial charge in [-0.2, -0.15) is 0 Å². The van der Waals surface area contributed by atoms with E-state index in [0.29, 0.717) is 10.4 Å². The fourth-order valence-corrected chi connectivity index (χ4v) is 4.15. The molecule has 0 unspecified atom stereocenters. The predicted octanol–water partition coefficient (Wildman–Crippen LogP) is 4.88. The van der Waals surface area contributed by atoms with Gasteiger partial charge in [0.15, 0.2) is 5.78 Å². The van der Waals surface area contributed by atoms with E-state index in [-0.39, 0.29) is 34.2 Å². The number of hydrogen-bond donors (Lipinski definition) is 2. The van der Waals surface area contributed by atoms with Gasteiger partial charge in [-0.3, -0.25) is 19.7 Å². The van der Waals surface area contributed by atoms with Crippen molar-refractivity contribution < 1.29 is 24.0 Å². The lowest BCUT2D eigenvalue weighted by molar-refractivity contribution is -0.384. The molecule has 0 bridgehead atoms. The van der Waals surface area contributed by atoms with Crippen LogP contribution in [0.25, 0.3) is 0 Å². The molecule has 0 saturated heterocycles. The number of nitro groups is 1. The van der Waals surface area contributed by atoms with E-state index in [4.69, 9.17) is 39.5 Å². The average molecular weight is 523 g/mol. The molecule has 0 fully saturated rings. The summed E-state index contributed by atoms with van der Waals surface area (Å²) in [4.78, 5) is 47.7. The van der Waals surface area contributed by atoms with Crippen molar-refractivity contribution in [1.29, 1.82) is 0 Å². The molecule has 0 saturated carbocycles. The Kier molecular flexibility index (Phi) is 8.47. The molecule has 2 rings (SSSR count). The molecule has 0 aliphatic heterocycles. The van der Waals surface area contributed by atoms with Crippen LogP contribution < -0.4 is 10.6 Å². The minimum atomic E-state index is -2.10. The number of esters is 1. The number of benzene rings is 1. The van der Waals surface area contributed by atoms with Gasteiger partial charge in [0.2, 0.25) is 3.79 Å². The number of ether oxygens (including phenoxy) is 1. The highest BCUT2D eigenvalue weighted by molar-refractivity contribution is 7.18. The van der Waals surface area contributed by atoms with Crippen molar-refractivity contribution in [2.24, 2.45) is 0 Å². The molecule has 9 nitrogen and oxygen atoms in total. The van der Waals surface area contributed by atoms with E-state index in [2.05, 4.69) is 10.6 Å². The Morgan fingerprint density at radius 2 is 1.94 bits per heavy atom. The first-order valence-electron chi connectivity index (χ1n) is 9.06. The highest BCUT2D eigenvalue weighted by Gasteiger charge is 2.36. The Balaban J connectivity index is 2.42. The second kappa shape index (κ2) is 10.5. The number of nitrogens with zero attached hydrogens (tertiary/aromatic N) is 1. The molecule has 1 aromatic carbocycles. The molecular weight excluding hydrogens is 505 g/mol. The lowest BCUT2D eigenvalue weighted by Crippen LogP contribution is -2.49. The number of nitro benzene ring substituents is 1. The van der Waals surface area contributed by atoms with Gasteiger partial charge < -0.3 is 15.4 Å². The van der Waals surface area contributed by atoms with E-state index in [0.717, 1.165) is 17.4 Å². The van der Waals surface area contributed by atoms with Gasteiger partial charge in [-0.05, 0) is 32.4 Å². The van der Waals surface area contributed by atoms with Crippen LogP contribution in [0.1, 0.15) is 49.8 Å². The molecule has 0 aliphatic carbocycles. The smallest absolute Gasteiger partial charge is 0.341 e. The van der Waals surface area contributed by atoms with Crippen molar-refractivity contribution in [2.75, 3.05) is 11.9 Å². The number of amides is 1. The standard InChI is InChI=1S/C19H18Cl3N3O6S/c1-4-31-17(28)13-9(2)14(10(3)26)32-16(13)24-18(19(20,21)22)23-15(27)11-6-5-7-12(8-11)25(29)30/h5-8,18,24H,4H2,1-3H3,(H,23,27)/t18-/m0/s1. The topological polar surface area (TPSA) is 128 Å². The maximum atomic E-state index is 12.7. The number of halogens is 3. The van der Waals surface area contributed by atoms with Crippen LogP contribution in [0.5, 0.6) is 0 Å². The number of anilines is 1. The lowest BCUT2D eigenvalue weighted by Gasteiger charge is -2.27. The van der Waals surface area contributed by atoms with Gasteiger partial charge in [0.1, 0.15) is 11.2 Å². The molecule has 1 heterocycles. The lowest BCUT2D eigenvalue weighted by atomic mass is 10.1. The molecular formula is C19H18Cl3N3O6S. The number of carbonyl (C=O) groups is 3. The van der Waals surface area contributed by atoms with Crippen LogP contribution in [-0.2, 0) is 4.74 Å². The van der Waals surface area contributed by atoms with Crippen molar-refractivity contribution in [3.05, 3.63) is 55.9 Å². The van der Waals surface area contributed by atoms with Crippen molar-refractivity contribution >= 4 is 74.5 Å². The van der Waals surface area contributed by atoms with E-state index >= 15 is 0 Å². The molecule has 0 spiro atoms. The fraction of sp³-hybridized carbons (Fsp3) is 0.316. The molecule has 172 valence electrons. The molecule has 0 aliphatic rings. The third-order valence-electron chi connectivity index (χ3n) is 4.14. The third-order valence-corrected chi connectivity index (χ3v) is 6.12. The van der Waals surface area contributed by atoms with Gasteiger partial charge in [0.25, 0.3) is 11.6 Å². The van der Waals surface area contributed by atoms with Crippen LogP contribution >= 0.6 is 46.1 Å². The second-order valence-corrected chi connectivity index (χ2v) is 9.83. The normalized spacial score (nSPS) is 12.1.